The Balaban J connectivity index is 4.50. The van der Waals surface area contributed by atoms with Crippen LogP contribution in [0, 0.1) is 0 Å². The van der Waals surface area contributed by atoms with E-state index in [0.29, 0.717) is 12.8 Å². The molecule has 6 nitrogen and oxygen atoms in total. The van der Waals surface area contributed by atoms with Crippen LogP contribution in [0.4, 0.5) is 0 Å². The lowest BCUT2D eigenvalue weighted by Crippen LogP contribution is -2.30. The third-order valence-electron chi connectivity index (χ3n) is 13.0. The van der Waals surface area contributed by atoms with E-state index in [2.05, 4.69) is 167 Å². The Morgan fingerprint density at radius 3 is 0.886 bits per heavy atom. The molecule has 6 heteroatoms. The number of carbonyl (C=O) groups is 3. The summed E-state index contributed by atoms with van der Waals surface area (Å²) in [7, 11) is 0. The minimum Gasteiger partial charge on any atom is -0.462 e. The van der Waals surface area contributed by atoms with E-state index in [9.17, 15) is 14.4 Å². The number of hydrogen-bond donors (Lipinski definition) is 0. The van der Waals surface area contributed by atoms with Crippen LogP contribution >= 0.6 is 0 Å². The van der Waals surface area contributed by atoms with Gasteiger partial charge in [0.15, 0.2) is 6.10 Å². The molecule has 0 saturated heterocycles. The highest BCUT2D eigenvalue weighted by Crippen LogP contribution is 2.14. The molecular formula is C73H116O6. The van der Waals surface area contributed by atoms with Crippen LogP contribution in [0.15, 0.2) is 158 Å². The van der Waals surface area contributed by atoms with Crippen LogP contribution in [-0.2, 0) is 28.6 Å². The fourth-order valence-corrected chi connectivity index (χ4v) is 8.31. The highest BCUT2D eigenvalue weighted by atomic mass is 16.6. The van der Waals surface area contributed by atoms with E-state index >= 15 is 0 Å². The van der Waals surface area contributed by atoms with Crippen molar-refractivity contribution in [3.8, 4) is 0 Å². The lowest BCUT2D eigenvalue weighted by Gasteiger charge is -2.18. The van der Waals surface area contributed by atoms with E-state index in [1.54, 1.807) is 6.08 Å². The fraction of sp³-hybridized carbons (Fsp3) is 0.603. The molecule has 0 amide bonds. The van der Waals surface area contributed by atoms with Crippen LogP contribution in [0.2, 0.25) is 0 Å². The maximum atomic E-state index is 12.9. The SMILES string of the molecule is CC/C=C\C/C=C\C/C=C\C/C=C\C/C=C\CCCCCCCCCC(=O)OCC(COC(=O)C/C=C\C/C=C\C/C=C\C/C=C\C/C=C\CC)OC(=O)CCCCCCCCCC/C=C\C/C=C\C/C=C\CCCCCCC. The van der Waals surface area contributed by atoms with Crippen molar-refractivity contribution in [1.82, 2.24) is 0 Å². The Morgan fingerprint density at radius 1 is 0.278 bits per heavy atom. The van der Waals surface area contributed by atoms with Gasteiger partial charge in [-0.15, -0.1) is 0 Å². The molecule has 0 N–H and O–H groups in total. The second-order valence-electron chi connectivity index (χ2n) is 20.6. The summed E-state index contributed by atoms with van der Waals surface area (Å²) in [6.45, 7) is 6.30. The molecule has 0 fully saturated rings. The molecule has 0 saturated carbocycles. The minimum atomic E-state index is -0.836. The second-order valence-corrected chi connectivity index (χ2v) is 20.6. The Labute approximate surface area is 486 Å². The predicted molar refractivity (Wildman–Crippen MR) is 343 cm³/mol. The Bertz CT molecular complexity index is 1780. The van der Waals surface area contributed by atoms with Gasteiger partial charge in [0.25, 0.3) is 0 Å². The van der Waals surface area contributed by atoms with E-state index in [1.165, 1.54) is 96.3 Å². The quantitative estimate of drug-likeness (QED) is 0.0261. The molecule has 1 unspecified atom stereocenters. The number of unbranched alkanes of at least 4 members (excludes halogenated alkanes) is 20. The van der Waals surface area contributed by atoms with Crippen molar-refractivity contribution in [2.75, 3.05) is 13.2 Å². The van der Waals surface area contributed by atoms with E-state index in [1.807, 2.05) is 6.08 Å². The van der Waals surface area contributed by atoms with Gasteiger partial charge < -0.3 is 14.2 Å². The lowest BCUT2D eigenvalue weighted by atomic mass is 10.1. The zero-order chi connectivity index (χ0) is 57.1. The number of hydrogen-bond acceptors (Lipinski definition) is 6. The van der Waals surface area contributed by atoms with Crippen LogP contribution in [0.3, 0.4) is 0 Å². The summed E-state index contributed by atoms with van der Waals surface area (Å²) in [6, 6.07) is 0. The van der Waals surface area contributed by atoms with Gasteiger partial charge in [-0.2, -0.15) is 0 Å². The average Bonchev–Trinajstić information content (AvgIpc) is 3.45. The molecule has 79 heavy (non-hydrogen) atoms. The van der Waals surface area contributed by atoms with E-state index in [-0.39, 0.29) is 31.6 Å². The monoisotopic (exact) mass is 1090 g/mol. The first kappa shape index (κ1) is 74.0. The Kier molecular flexibility index (Phi) is 61.4. The van der Waals surface area contributed by atoms with Gasteiger partial charge in [0.1, 0.15) is 13.2 Å². The highest BCUT2D eigenvalue weighted by Gasteiger charge is 2.19. The van der Waals surface area contributed by atoms with Crippen molar-refractivity contribution in [2.45, 2.75) is 271 Å². The molecule has 0 heterocycles. The van der Waals surface area contributed by atoms with Crippen LogP contribution in [0.1, 0.15) is 265 Å². The van der Waals surface area contributed by atoms with E-state index < -0.39 is 12.1 Å². The number of esters is 3. The maximum absolute atomic E-state index is 12.9. The summed E-state index contributed by atoms with van der Waals surface area (Å²) in [5.41, 5.74) is 0. The molecule has 0 aromatic carbocycles. The summed E-state index contributed by atoms with van der Waals surface area (Å²) >= 11 is 0. The Morgan fingerprint density at radius 2 is 0.544 bits per heavy atom. The van der Waals surface area contributed by atoms with Gasteiger partial charge in [0.05, 0.1) is 6.42 Å². The van der Waals surface area contributed by atoms with Gasteiger partial charge in [0.2, 0.25) is 0 Å². The van der Waals surface area contributed by atoms with Gasteiger partial charge in [-0.05, 0) is 128 Å². The van der Waals surface area contributed by atoms with Gasteiger partial charge >= 0.3 is 17.9 Å². The molecule has 0 aliphatic carbocycles. The third-order valence-corrected chi connectivity index (χ3v) is 13.0. The molecular weight excluding hydrogens is 973 g/mol. The fourth-order valence-electron chi connectivity index (χ4n) is 8.31. The van der Waals surface area contributed by atoms with Crippen LogP contribution in [0.5, 0.6) is 0 Å². The van der Waals surface area contributed by atoms with E-state index in [0.717, 1.165) is 128 Å². The molecule has 444 valence electrons. The van der Waals surface area contributed by atoms with E-state index in [4.69, 9.17) is 14.2 Å². The normalized spacial score (nSPS) is 13.2. The van der Waals surface area contributed by atoms with Gasteiger partial charge in [-0.1, -0.05) is 275 Å². The summed E-state index contributed by atoms with van der Waals surface area (Å²) in [5.74, 6) is -1.08. The first-order valence-electron chi connectivity index (χ1n) is 32.0. The predicted octanol–water partition coefficient (Wildman–Crippen LogP) is 22.1. The highest BCUT2D eigenvalue weighted by molar-refractivity contribution is 5.72. The lowest BCUT2D eigenvalue weighted by molar-refractivity contribution is -0.166. The minimum absolute atomic E-state index is 0.116. The zero-order valence-corrected chi connectivity index (χ0v) is 50.8. The molecule has 0 aliphatic rings. The molecule has 0 aromatic rings. The smallest absolute Gasteiger partial charge is 0.309 e. The van der Waals surface area contributed by atoms with Crippen molar-refractivity contribution in [3.63, 3.8) is 0 Å². The number of rotatable bonds is 56. The first-order valence-corrected chi connectivity index (χ1v) is 32.0. The van der Waals surface area contributed by atoms with Gasteiger partial charge in [-0.25, -0.2) is 0 Å². The van der Waals surface area contributed by atoms with Crippen molar-refractivity contribution in [2.24, 2.45) is 0 Å². The average molecular weight is 1090 g/mol. The van der Waals surface area contributed by atoms with Crippen molar-refractivity contribution < 1.29 is 28.6 Å². The molecule has 0 aromatic heterocycles. The third kappa shape index (κ3) is 63.7. The molecule has 0 rings (SSSR count). The summed E-state index contributed by atoms with van der Waals surface area (Å²) < 4.78 is 16.8. The molecule has 0 bridgehead atoms. The van der Waals surface area contributed by atoms with Crippen LogP contribution in [0.25, 0.3) is 0 Å². The van der Waals surface area contributed by atoms with Crippen LogP contribution in [-0.4, -0.2) is 37.2 Å². The number of allylic oxidation sites excluding steroid dienone is 25. The van der Waals surface area contributed by atoms with Gasteiger partial charge in [0, 0.05) is 12.8 Å². The van der Waals surface area contributed by atoms with Crippen molar-refractivity contribution >= 4 is 17.9 Å². The number of ether oxygens (including phenoxy) is 3. The van der Waals surface area contributed by atoms with Gasteiger partial charge in [-0.3, -0.25) is 14.4 Å². The summed E-state index contributed by atoms with van der Waals surface area (Å²) in [6.07, 6.45) is 95.5. The van der Waals surface area contributed by atoms with Crippen molar-refractivity contribution in [3.05, 3.63) is 158 Å². The summed E-state index contributed by atoms with van der Waals surface area (Å²) in [5, 5.41) is 0. The standard InChI is InChI=1S/C73H116O6/c1-4-7-10-13-16-19-22-25-28-30-32-34-36-38-40-42-45-48-51-54-57-60-63-66-72(75)78-69-70(68-77-71(74)65-62-59-56-53-50-47-44-27-24-21-18-15-12-9-6-3)79-73(76)67-64-61-58-55-52-49-46-43-41-39-37-35-33-31-29-26-23-20-17-14-11-8-5-2/h7,9-10,12,16,18-19,21,23,25-28,31-34,37-40,44,50,53,59,62,70H,4-6,8,11,13-15,17,20,22,24,29-30,35-36,41-43,45-49,51-52,54-58,60-61,63-69H2,1-3H3/b10-7-,12-9-,19-16-,21-18-,26-23-,28-25-,33-31-,34-32-,39-37-,40-38-,44-27-,53-50-,62-59-. The second kappa shape index (κ2) is 65.5. The topological polar surface area (TPSA) is 78.9 Å². The molecule has 0 aliphatic heterocycles. The summed E-state index contributed by atoms with van der Waals surface area (Å²) in [4.78, 5) is 38.3. The Hall–Kier alpha value is -4.97. The van der Waals surface area contributed by atoms with Crippen molar-refractivity contribution in [1.29, 1.82) is 0 Å². The molecule has 0 spiro atoms. The van der Waals surface area contributed by atoms with Crippen LogP contribution < -0.4 is 0 Å². The molecule has 0 radical (unpaired) electrons. The largest absolute Gasteiger partial charge is 0.462 e. The molecule has 1 atom stereocenters. The number of carbonyl (C=O) groups excluding carboxylic acids is 3. The maximum Gasteiger partial charge on any atom is 0.309 e. The first-order chi connectivity index (χ1) is 39.0. The zero-order valence-electron chi connectivity index (χ0n) is 50.8.